The zero-order chi connectivity index (χ0) is 20.8. The first-order valence-electron chi connectivity index (χ1n) is 9.49. The molecule has 3 rings (SSSR count). The molecule has 2 N–H and O–H groups in total. The van der Waals surface area contributed by atoms with Gasteiger partial charge in [-0.05, 0) is 42.7 Å². The number of hydrogen-bond donors (Lipinski definition) is 2. The van der Waals surface area contributed by atoms with E-state index in [0.717, 1.165) is 17.7 Å². The average Bonchev–Trinajstić information content (AvgIpc) is 3.55. The van der Waals surface area contributed by atoms with Crippen molar-refractivity contribution in [1.29, 1.82) is 0 Å². The van der Waals surface area contributed by atoms with Gasteiger partial charge in [0.2, 0.25) is 11.8 Å². The van der Waals surface area contributed by atoms with Gasteiger partial charge in [0.15, 0.2) is 11.5 Å². The van der Waals surface area contributed by atoms with Gasteiger partial charge in [0.05, 0.1) is 33.2 Å². The van der Waals surface area contributed by atoms with Crippen LogP contribution in [0.1, 0.15) is 12.0 Å². The molecule has 0 bridgehead atoms. The lowest BCUT2D eigenvalue weighted by Gasteiger charge is -2.10. The summed E-state index contributed by atoms with van der Waals surface area (Å²) in [5, 5.41) is 5.76. The Hall–Kier alpha value is -3.22. The van der Waals surface area contributed by atoms with Crippen molar-refractivity contribution in [2.24, 2.45) is 11.8 Å². The van der Waals surface area contributed by atoms with Crippen LogP contribution in [0.5, 0.6) is 17.2 Å². The molecule has 7 nitrogen and oxygen atoms in total. The van der Waals surface area contributed by atoms with Crippen molar-refractivity contribution < 1.29 is 23.8 Å². The lowest BCUT2D eigenvalue weighted by Crippen LogP contribution is -2.29. The zero-order valence-corrected chi connectivity index (χ0v) is 16.9. The molecule has 1 saturated carbocycles. The molecule has 2 aromatic carbocycles. The van der Waals surface area contributed by atoms with Gasteiger partial charge in [-0.2, -0.15) is 0 Å². The van der Waals surface area contributed by atoms with E-state index in [0.29, 0.717) is 30.2 Å². The number of benzene rings is 2. The molecular formula is C22H26N2O5. The molecule has 1 aliphatic carbocycles. The van der Waals surface area contributed by atoms with Crippen LogP contribution in [-0.2, 0) is 16.0 Å². The molecule has 2 amide bonds. The quantitative estimate of drug-likeness (QED) is 0.678. The Bertz CT molecular complexity index is 866. The number of methoxy groups -OCH3 is 3. The Labute approximate surface area is 170 Å². The highest BCUT2D eigenvalue weighted by Gasteiger charge is 2.47. The molecule has 0 spiro atoms. The van der Waals surface area contributed by atoms with Crippen LogP contribution in [0, 0.1) is 11.8 Å². The fraction of sp³-hybridized carbons (Fsp3) is 0.364. The molecule has 29 heavy (non-hydrogen) atoms. The van der Waals surface area contributed by atoms with Crippen LogP contribution in [0.4, 0.5) is 5.69 Å². The SMILES string of the molecule is COc1ccc(CCNC(=O)C2CC2C(=O)Nc2ccc(OC)c(OC)c2)cc1. The van der Waals surface area contributed by atoms with Gasteiger partial charge in [0.25, 0.3) is 0 Å². The number of ether oxygens (including phenoxy) is 3. The Kier molecular flexibility index (Phi) is 6.59. The van der Waals surface area contributed by atoms with E-state index in [4.69, 9.17) is 14.2 Å². The van der Waals surface area contributed by atoms with Crippen LogP contribution in [0.2, 0.25) is 0 Å². The van der Waals surface area contributed by atoms with Crippen molar-refractivity contribution in [1.82, 2.24) is 5.32 Å². The minimum Gasteiger partial charge on any atom is -0.497 e. The van der Waals surface area contributed by atoms with Gasteiger partial charge in [-0.25, -0.2) is 0 Å². The van der Waals surface area contributed by atoms with Gasteiger partial charge in [-0.15, -0.1) is 0 Å². The van der Waals surface area contributed by atoms with Gasteiger partial charge in [0, 0.05) is 18.3 Å². The molecule has 2 atom stereocenters. The second-order valence-corrected chi connectivity index (χ2v) is 6.90. The third-order valence-electron chi connectivity index (χ3n) is 4.99. The topological polar surface area (TPSA) is 85.9 Å². The first kappa shape index (κ1) is 20.5. The molecule has 0 aliphatic heterocycles. The predicted octanol–water partition coefficient (Wildman–Crippen LogP) is 2.65. The molecule has 154 valence electrons. The van der Waals surface area contributed by atoms with Gasteiger partial charge in [-0.3, -0.25) is 9.59 Å². The number of carbonyl (C=O) groups is 2. The summed E-state index contributed by atoms with van der Waals surface area (Å²) in [4.78, 5) is 24.7. The van der Waals surface area contributed by atoms with Crippen LogP contribution in [0.25, 0.3) is 0 Å². The average molecular weight is 398 g/mol. The van der Waals surface area contributed by atoms with Gasteiger partial charge in [-0.1, -0.05) is 12.1 Å². The van der Waals surface area contributed by atoms with E-state index in [9.17, 15) is 9.59 Å². The molecule has 2 aromatic rings. The number of rotatable bonds is 9. The summed E-state index contributed by atoms with van der Waals surface area (Å²) in [6.45, 7) is 0.533. The molecule has 1 aliphatic rings. The second-order valence-electron chi connectivity index (χ2n) is 6.90. The Balaban J connectivity index is 1.44. The lowest BCUT2D eigenvalue weighted by molar-refractivity contribution is -0.125. The molecule has 0 aromatic heterocycles. The van der Waals surface area contributed by atoms with Crippen molar-refractivity contribution in [3.8, 4) is 17.2 Å². The molecule has 1 fully saturated rings. The van der Waals surface area contributed by atoms with Crippen molar-refractivity contribution >= 4 is 17.5 Å². The Morgan fingerprint density at radius 2 is 1.59 bits per heavy atom. The molecule has 0 saturated heterocycles. The molecule has 0 heterocycles. The zero-order valence-electron chi connectivity index (χ0n) is 16.9. The van der Waals surface area contributed by atoms with Crippen molar-refractivity contribution in [3.63, 3.8) is 0 Å². The first-order chi connectivity index (χ1) is 14.0. The number of nitrogens with one attached hydrogen (secondary N) is 2. The smallest absolute Gasteiger partial charge is 0.228 e. The standard InChI is InChI=1S/C22H26N2O5/c1-27-16-7-4-14(5-8-16)10-11-23-21(25)17-13-18(17)22(26)24-15-6-9-19(28-2)20(12-15)29-3/h4-9,12,17-18H,10-11,13H2,1-3H3,(H,23,25)(H,24,26). The maximum atomic E-state index is 12.4. The number of carbonyl (C=O) groups excluding carboxylic acids is 2. The summed E-state index contributed by atoms with van der Waals surface area (Å²) in [6.07, 6.45) is 1.29. The fourth-order valence-electron chi connectivity index (χ4n) is 3.18. The maximum absolute atomic E-state index is 12.4. The lowest BCUT2D eigenvalue weighted by atomic mass is 10.1. The minimum atomic E-state index is -0.302. The highest BCUT2D eigenvalue weighted by Crippen LogP contribution is 2.40. The Morgan fingerprint density at radius 3 is 2.24 bits per heavy atom. The van der Waals surface area contributed by atoms with Crippen LogP contribution in [-0.4, -0.2) is 39.7 Å². The van der Waals surface area contributed by atoms with E-state index in [-0.39, 0.29) is 23.7 Å². The number of hydrogen-bond acceptors (Lipinski definition) is 5. The largest absolute Gasteiger partial charge is 0.497 e. The summed E-state index contributed by atoms with van der Waals surface area (Å²) in [5.74, 6) is 1.12. The second kappa shape index (κ2) is 9.32. The monoisotopic (exact) mass is 398 g/mol. The summed E-state index contributed by atoms with van der Waals surface area (Å²) >= 11 is 0. The van der Waals surface area contributed by atoms with E-state index in [2.05, 4.69) is 10.6 Å². The van der Waals surface area contributed by atoms with Gasteiger partial charge in [0.1, 0.15) is 5.75 Å². The molecule has 7 heteroatoms. The molecule has 0 radical (unpaired) electrons. The van der Waals surface area contributed by atoms with Gasteiger partial charge < -0.3 is 24.8 Å². The highest BCUT2D eigenvalue weighted by atomic mass is 16.5. The van der Waals surface area contributed by atoms with Crippen molar-refractivity contribution in [2.75, 3.05) is 33.2 Å². The summed E-state index contributed by atoms with van der Waals surface area (Å²) in [5.41, 5.74) is 1.72. The molecule has 2 unspecified atom stereocenters. The normalized spacial score (nSPS) is 17.2. The number of anilines is 1. The van der Waals surface area contributed by atoms with E-state index in [1.165, 1.54) is 7.11 Å². The highest BCUT2D eigenvalue weighted by molar-refractivity contribution is 5.99. The van der Waals surface area contributed by atoms with Crippen molar-refractivity contribution in [3.05, 3.63) is 48.0 Å². The van der Waals surface area contributed by atoms with E-state index in [1.807, 2.05) is 24.3 Å². The van der Waals surface area contributed by atoms with Crippen molar-refractivity contribution in [2.45, 2.75) is 12.8 Å². The number of amides is 2. The van der Waals surface area contributed by atoms with E-state index in [1.54, 1.807) is 32.4 Å². The third-order valence-corrected chi connectivity index (χ3v) is 4.99. The third kappa shape index (κ3) is 5.19. The van der Waals surface area contributed by atoms with Crippen LogP contribution >= 0.6 is 0 Å². The van der Waals surface area contributed by atoms with Crippen LogP contribution in [0.15, 0.2) is 42.5 Å². The van der Waals surface area contributed by atoms with Crippen LogP contribution in [0.3, 0.4) is 0 Å². The van der Waals surface area contributed by atoms with Gasteiger partial charge >= 0.3 is 0 Å². The maximum Gasteiger partial charge on any atom is 0.228 e. The summed E-state index contributed by atoms with van der Waals surface area (Å²) < 4.78 is 15.6. The first-order valence-corrected chi connectivity index (χ1v) is 9.49. The summed E-state index contributed by atoms with van der Waals surface area (Å²) in [7, 11) is 4.72. The Morgan fingerprint density at radius 1 is 0.897 bits per heavy atom. The van der Waals surface area contributed by atoms with Crippen LogP contribution < -0.4 is 24.8 Å². The molecular weight excluding hydrogens is 372 g/mol. The summed E-state index contributed by atoms with van der Waals surface area (Å²) in [6, 6.07) is 12.9. The minimum absolute atomic E-state index is 0.0778. The fourth-order valence-corrected chi connectivity index (χ4v) is 3.18. The van der Waals surface area contributed by atoms with E-state index >= 15 is 0 Å². The van der Waals surface area contributed by atoms with E-state index < -0.39 is 0 Å². The predicted molar refractivity (Wildman–Crippen MR) is 109 cm³/mol.